The van der Waals surface area contributed by atoms with Crippen LogP contribution in [0.2, 0.25) is 0 Å². The fourth-order valence-corrected chi connectivity index (χ4v) is 1.79. The van der Waals surface area contributed by atoms with Gasteiger partial charge in [-0.2, -0.15) is 0 Å². The number of nitrogens with zero attached hydrogens (tertiary/aromatic N) is 2. The minimum atomic E-state index is -0.576. The Labute approximate surface area is 108 Å². The number of esters is 1. The summed E-state index contributed by atoms with van der Waals surface area (Å²) in [5, 5.41) is 0. The van der Waals surface area contributed by atoms with E-state index in [1.54, 1.807) is 4.57 Å². The number of methoxy groups -OCH3 is 1. The van der Waals surface area contributed by atoms with Crippen molar-refractivity contribution in [1.82, 2.24) is 9.55 Å². The zero-order valence-electron chi connectivity index (χ0n) is 9.86. The molecule has 0 N–H and O–H groups in total. The first-order chi connectivity index (χ1) is 8.01. The molecule has 0 bridgehead atoms. The van der Waals surface area contributed by atoms with Crippen LogP contribution in [0.15, 0.2) is 16.4 Å². The number of allylic oxidation sites excluding steroid dienone is 2. The van der Waals surface area contributed by atoms with Crippen molar-refractivity contribution >= 4 is 28.2 Å². The Morgan fingerprint density at radius 3 is 2.65 bits per heavy atom. The first-order valence-electron chi connectivity index (χ1n) is 4.94. The highest BCUT2D eigenvalue weighted by Gasteiger charge is 2.21. The van der Waals surface area contributed by atoms with Crippen molar-refractivity contribution in [3.8, 4) is 0 Å². The van der Waals surface area contributed by atoms with E-state index in [1.165, 1.54) is 7.11 Å². The van der Waals surface area contributed by atoms with Gasteiger partial charge in [0.25, 0.3) is 0 Å². The highest BCUT2D eigenvalue weighted by molar-refractivity contribution is 9.10. The van der Waals surface area contributed by atoms with Gasteiger partial charge < -0.3 is 9.30 Å². The molecular formula is C11H13BrN2O3. The second kappa shape index (κ2) is 5.77. The van der Waals surface area contributed by atoms with Gasteiger partial charge in [0, 0.05) is 6.54 Å². The van der Waals surface area contributed by atoms with Crippen LogP contribution >= 0.6 is 15.9 Å². The van der Waals surface area contributed by atoms with Crippen molar-refractivity contribution in [2.75, 3.05) is 7.11 Å². The molecule has 0 saturated heterocycles. The molecule has 1 aromatic heterocycles. The maximum atomic E-state index is 11.6. The number of ether oxygens (including phenoxy) is 1. The summed E-state index contributed by atoms with van der Waals surface area (Å²) in [7, 11) is 1.27. The van der Waals surface area contributed by atoms with E-state index >= 15 is 0 Å². The molecule has 0 aliphatic rings. The second-order valence-electron chi connectivity index (χ2n) is 3.62. The molecule has 0 spiro atoms. The van der Waals surface area contributed by atoms with Gasteiger partial charge in [-0.15, -0.1) is 0 Å². The summed E-state index contributed by atoms with van der Waals surface area (Å²) in [6.07, 6.45) is 2.46. The predicted molar refractivity (Wildman–Crippen MR) is 66.1 cm³/mol. The van der Waals surface area contributed by atoms with Crippen LogP contribution in [0.3, 0.4) is 0 Å². The van der Waals surface area contributed by atoms with Crippen LogP contribution in [0.4, 0.5) is 0 Å². The number of aldehydes is 1. The number of imidazole rings is 1. The topological polar surface area (TPSA) is 61.2 Å². The van der Waals surface area contributed by atoms with E-state index in [0.717, 1.165) is 5.57 Å². The van der Waals surface area contributed by atoms with Crippen molar-refractivity contribution in [3.63, 3.8) is 0 Å². The number of rotatable bonds is 4. The Hall–Kier alpha value is -1.43. The van der Waals surface area contributed by atoms with Gasteiger partial charge in [-0.05, 0) is 29.8 Å². The van der Waals surface area contributed by atoms with Crippen LogP contribution in [0.1, 0.15) is 34.8 Å². The lowest BCUT2D eigenvalue weighted by atomic mass is 10.3. The van der Waals surface area contributed by atoms with E-state index < -0.39 is 5.97 Å². The third-order valence-corrected chi connectivity index (χ3v) is 2.73. The lowest BCUT2D eigenvalue weighted by Crippen LogP contribution is -2.12. The van der Waals surface area contributed by atoms with Crippen LogP contribution in [-0.4, -0.2) is 28.9 Å². The van der Waals surface area contributed by atoms with Gasteiger partial charge in [-0.3, -0.25) is 4.79 Å². The number of aromatic nitrogens is 2. The molecule has 0 aliphatic heterocycles. The van der Waals surface area contributed by atoms with Gasteiger partial charge in [-0.25, -0.2) is 9.78 Å². The summed E-state index contributed by atoms with van der Waals surface area (Å²) in [5.41, 5.74) is 1.34. The van der Waals surface area contributed by atoms with E-state index in [2.05, 4.69) is 25.7 Å². The van der Waals surface area contributed by atoms with Gasteiger partial charge in [0.2, 0.25) is 0 Å². The molecule has 0 atom stereocenters. The molecular weight excluding hydrogens is 288 g/mol. The molecule has 17 heavy (non-hydrogen) atoms. The van der Waals surface area contributed by atoms with E-state index in [4.69, 9.17) is 0 Å². The Morgan fingerprint density at radius 1 is 1.53 bits per heavy atom. The molecule has 0 amide bonds. The van der Waals surface area contributed by atoms with Crippen LogP contribution < -0.4 is 0 Å². The van der Waals surface area contributed by atoms with E-state index in [0.29, 0.717) is 17.6 Å². The van der Waals surface area contributed by atoms with E-state index in [9.17, 15) is 9.59 Å². The monoisotopic (exact) mass is 300 g/mol. The molecule has 6 heteroatoms. The molecule has 1 rings (SSSR count). The molecule has 0 aliphatic carbocycles. The standard InChI is InChI=1S/C11H13BrN2O3/c1-7(2)4-5-14-9(10(16)17-3)8(6-15)13-11(14)12/h4,6H,5H2,1-3H3. The molecule has 0 fully saturated rings. The number of carbonyl (C=O) groups is 2. The summed E-state index contributed by atoms with van der Waals surface area (Å²) in [6, 6.07) is 0. The number of hydrogen-bond donors (Lipinski definition) is 0. The second-order valence-corrected chi connectivity index (χ2v) is 4.33. The molecule has 92 valence electrons. The number of carbonyl (C=O) groups excluding carboxylic acids is 2. The molecule has 0 saturated carbocycles. The van der Waals surface area contributed by atoms with Gasteiger partial charge in [0.05, 0.1) is 7.11 Å². The Kier molecular flexibility index (Phi) is 4.62. The Bertz CT molecular complexity index is 473. The van der Waals surface area contributed by atoms with E-state index in [-0.39, 0.29) is 11.4 Å². The van der Waals surface area contributed by atoms with Crippen LogP contribution in [0.5, 0.6) is 0 Å². The third-order valence-electron chi connectivity index (χ3n) is 2.12. The largest absolute Gasteiger partial charge is 0.464 e. The molecule has 1 aromatic rings. The van der Waals surface area contributed by atoms with Crippen LogP contribution in [0.25, 0.3) is 0 Å². The summed E-state index contributed by atoms with van der Waals surface area (Å²) in [4.78, 5) is 26.4. The van der Waals surface area contributed by atoms with Crippen LogP contribution in [-0.2, 0) is 11.3 Å². The molecule has 1 heterocycles. The lowest BCUT2D eigenvalue weighted by Gasteiger charge is -2.05. The first kappa shape index (κ1) is 13.6. The predicted octanol–water partition coefficient (Wildman–Crippen LogP) is 2.21. The summed E-state index contributed by atoms with van der Waals surface area (Å²) in [5.74, 6) is -0.576. The van der Waals surface area contributed by atoms with E-state index in [1.807, 2.05) is 19.9 Å². The average Bonchev–Trinajstić information content (AvgIpc) is 2.61. The smallest absolute Gasteiger partial charge is 0.357 e. The lowest BCUT2D eigenvalue weighted by molar-refractivity contribution is 0.0586. The van der Waals surface area contributed by atoms with Crippen molar-refractivity contribution in [1.29, 1.82) is 0 Å². The van der Waals surface area contributed by atoms with Crippen molar-refractivity contribution < 1.29 is 14.3 Å². The molecule has 5 nitrogen and oxygen atoms in total. The number of halogens is 1. The first-order valence-corrected chi connectivity index (χ1v) is 5.73. The summed E-state index contributed by atoms with van der Waals surface area (Å²) < 4.78 is 6.65. The highest BCUT2D eigenvalue weighted by Crippen LogP contribution is 2.17. The summed E-state index contributed by atoms with van der Waals surface area (Å²) in [6.45, 7) is 4.35. The maximum Gasteiger partial charge on any atom is 0.357 e. The minimum absolute atomic E-state index is 0.0749. The summed E-state index contributed by atoms with van der Waals surface area (Å²) >= 11 is 3.21. The van der Waals surface area contributed by atoms with Crippen molar-refractivity contribution in [2.24, 2.45) is 0 Å². The van der Waals surface area contributed by atoms with Gasteiger partial charge >= 0.3 is 5.97 Å². The Morgan fingerprint density at radius 2 is 2.18 bits per heavy atom. The van der Waals surface area contributed by atoms with Gasteiger partial charge in [0.15, 0.2) is 16.7 Å². The van der Waals surface area contributed by atoms with Gasteiger partial charge in [-0.1, -0.05) is 11.6 Å². The highest BCUT2D eigenvalue weighted by atomic mass is 79.9. The fraction of sp³-hybridized carbons (Fsp3) is 0.364. The normalized spacial score (nSPS) is 9.88. The zero-order chi connectivity index (χ0) is 13.0. The fourth-order valence-electron chi connectivity index (χ4n) is 1.28. The third kappa shape index (κ3) is 3.03. The molecule has 0 aromatic carbocycles. The van der Waals surface area contributed by atoms with Crippen molar-refractivity contribution in [2.45, 2.75) is 20.4 Å². The van der Waals surface area contributed by atoms with Gasteiger partial charge in [0.1, 0.15) is 5.69 Å². The Balaban J connectivity index is 3.26. The average molecular weight is 301 g/mol. The zero-order valence-corrected chi connectivity index (χ0v) is 11.4. The number of hydrogen-bond acceptors (Lipinski definition) is 4. The molecule has 0 radical (unpaired) electrons. The SMILES string of the molecule is COC(=O)c1c(C=O)nc(Br)n1CC=C(C)C. The minimum Gasteiger partial charge on any atom is -0.464 e. The van der Waals surface area contributed by atoms with Crippen LogP contribution in [0, 0.1) is 0 Å². The molecule has 0 unspecified atom stereocenters. The van der Waals surface area contributed by atoms with Crippen molar-refractivity contribution in [3.05, 3.63) is 27.8 Å². The quantitative estimate of drug-likeness (QED) is 0.486. The maximum absolute atomic E-state index is 11.6.